The summed E-state index contributed by atoms with van der Waals surface area (Å²) in [5.41, 5.74) is -1.25. The average Bonchev–Trinajstić information content (AvgIpc) is 2.37. The Bertz CT molecular complexity index is 421. The summed E-state index contributed by atoms with van der Waals surface area (Å²) in [6.07, 6.45) is -2.15. The van der Waals surface area contributed by atoms with Gasteiger partial charge in [-0.1, -0.05) is 18.6 Å². The second kappa shape index (κ2) is 7.38. The van der Waals surface area contributed by atoms with E-state index < -0.39 is 17.6 Å². The van der Waals surface area contributed by atoms with Crippen LogP contribution in [0.3, 0.4) is 0 Å². The van der Waals surface area contributed by atoms with E-state index >= 15 is 0 Å². The normalized spacial score (nSPS) is 11.4. The van der Waals surface area contributed by atoms with Gasteiger partial charge in [0.2, 0.25) is 0 Å². The molecule has 1 aromatic carbocycles. The lowest BCUT2D eigenvalue weighted by Gasteiger charge is -2.12. The van der Waals surface area contributed by atoms with Crippen molar-refractivity contribution in [2.24, 2.45) is 0 Å². The van der Waals surface area contributed by atoms with Crippen molar-refractivity contribution in [3.63, 3.8) is 0 Å². The molecule has 0 aliphatic rings. The van der Waals surface area contributed by atoms with Gasteiger partial charge in [-0.3, -0.25) is 4.79 Å². The van der Waals surface area contributed by atoms with E-state index in [1.807, 2.05) is 0 Å². The van der Waals surface area contributed by atoms with Crippen molar-refractivity contribution in [1.29, 1.82) is 0 Å². The Balaban J connectivity index is 2.62. The molecule has 1 aromatic rings. The van der Waals surface area contributed by atoms with Gasteiger partial charge in [0.1, 0.15) is 0 Å². The molecule has 0 heterocycles. The van der Waals surface area contributed by atoms with E-state index in [0.29, 0.717) is 18.8 Å². The number of carbonyl (C=O) groups excluding carboxylic acids is 1. The van der Waals surface area contributed by atoms with Crippen LogP contribution in [-0.4, -0.2) is 18.3 Å². The van der Waals surface area contributed by atoms with Crippen molar-refractivity contribution in [2.75, 3.05) is 12.4 Å². The van der Waals surface area contributed by atoms with Gasteiger partial charge >= 0.3 is 6.18 Å². The molecule has 0 aliphatic heterocycles. The standard InChI is InChI=1S/C13H15ClF3NO/c14-8-4-1-5-9-18-12(19)10-6-2-3-7-11(10)13(15,16)17/h2-3,6-7H,1,4-5,8-9H2,(H,18,19). The van der Waals surface area contributed by atoms with Crippen LogP contribution >= 0.6 is 11.6 Å². The highest BCUT2D eigenvalue weighted by molar-refractivity contribution is 6.17. The Morgan fingerprint density at radius 3 is 2.47 bits per heavy atom. The molecule has 2 nitrogen and oxygen atoms in total. The van der Waals surface area contributed by atoms with E-state index in [0.717, 1.165) is 18.9 Å². The Labute approximate surface area is 114 Å². The maximum atomic E-state index is 12.7. The van der Waals surface area contributed by atoms with E-state index in [9.17, 15) is 18.0 Å². The van der Waals surface area contributed by atoms with E-state index in [4.69, 9.17) is 11.6 Å². The number of hydrogen-bond acceptors (Lipinski definition) is 1. The van der Waals surface area contributed by atoms with Crippen LogP contribution in [0.5, 0.6) is 0 Å². The molecular weight excluding hydrogens is 279 g/mol. The van der Waals surface area contributed by atoms with Gasteiger partial charge < -0.3 is 5.32 Å². The summed E-state index contributed by atoms with van der Waals surface area (Å²) < 4.78 is 38.1. The monoisotopic (exact) mass is 293 g/mol. The van der Waals surface area contributed by atoms with E-state index in [1.54, 1.807) is 0 Å². The molecule has 1 N–H and O–H groups in total. The fourth-order valence-electron chi connectivity index (χ4n) is 1.62. The van der Waals surface area contributed by atoms with Crippen molar-refractivity contribution in [2.45, 2.75) is 25.4 Å². The van der Waals surface area contributed by atoms with Crippen molar-refractivity contribution in [3.05, 3.63) is 35.4 Å². The van der Waals surface area contributed by atoms with Gasteiger partial charge in [0, 0.05) is 12.4 Å². The summed E-state index contributed by atoms with van der Waals surface area (Å²) in [6.45, 7) is 0.349. The number of unbranched alkanes of at least 4 members (excludes halogenated alkanes) is 2. The molecule has 0 aromatic heterocycles. The fourth-order valence-corrected chi connectivity index (χ4v) is 1.81. The van der Waals surface area contributed by atoms with Gasteiger partial charge in [0.05, 0.1) is 11.1 Å². The van der Waals surface area contributed by atoms with Crippen molar-refractivity contribution >= 4 is 17.5 Å². The first-order chi connectivity index (χ1) is 8.96. The minimum absolute atomic E-state index is 0.340. The number of benzene rings is 1. The minimum atomic E-state index is -4.52. The zero-order chi connectivity index (χ0) is 14.3. The van der Waals surface area contributed by atoms with Gasteiger partial charge in [0.25, 0.3) is 5.91 Å². The van der Waals surface area contributed by atoms with Crippen LogP contribution in [0.2, 0.25) is 0 Å². The smallest absolute Gasteiger partial charge is 0.352 e. The van der Waals surface area contributed by atoms with Crippen molar-refractivity contribution in [3.8, 4) is 0 Å². The first-order valence-electron chi connectivity index (χ1n) is 5.97. The van der Waals surface area contributed by atoms with Gasteiger partial charge in [-0.05, 0) is 25.0 Å². The molecule has 0 unspecified atom stereocenters. The van der Waals surface area contributed by atoms with Crippen molar-refractivity contribution in [1.82, 2.24) is 5.32 Å². The lowest BCUT2D eigenvalue weighted by atomic mass is 10.1. The number of halogens is 4. The summed E-state index contributed by atoms with van der Waals surface area (Å²) >= 11 is 5.50. The summed E-state index contributed by atoms with van der Waals surface area (Å²) in [7, 11) is 0. The average molecular weight is 294 g/mol. The van der Waals surface area contributed by atoms with Crippen molar-refractivity contribution < 1.29 is 18.0 Å². The first kappa shape index (κ1) is 15.8. The summed E-state index contributed by atoms with van der Waals surface area (Å²) in [5.74, 6) is -0.149. The number of hydrogen-bond donors (Lipinski definition) is 1. The van der Waals surface area contributed by atoms with Gasteiger partial charge in [-0.2, -0.15) is 13.2 Å². The number of amides is 1. The summed E-state index contributed by atoms with van der Waals surface area (Å²) in [5, 5.41) is 2.49. The topological polar surface area (TPSA) is 29.1 Å². The van der Waals surface area contributed by atoms with Crippen LogP contribution < -0.4 is 5.32 Å². The second-order valence-electron chi connectivity index (χ2n) is 4.05. The minimum Gasteiger partial charge on any atom is -0.352 e. The molecule has 0 saturated heterocycles. The molecule has 0 saturated carbocycles. The van der Waals surface area contributed by atoms with Crippen LogP contribution in [0, 0.1) is 0 Å². The van der Waals surface area contributed by atoms with E-state index in [2.05, 4.69) is 5.32 Å². The molecule has 0 bridgehead atoms. The maximum absolute atomic E-state index is 12.7. The highest BCUT2D eigenvalue weighted by Gasteiger charge is 2.34. The maximum Gasteiger partial charge on any atom is 0.417 e. The predicted octanol–water partition coefficient (Wildman–Crippen LogP) is 3.84. The fraction of sp³-hybridized carbons (Fsp3) is 0.462. The molecule has 0 atom stereocenters. The third-order valence-corrected chi connectivity index (χ3v) is 2.84. The van der Waals surface area contributed by atoms with Crippen LogP contribution in [0.4, 0.5) is 13.2 Å². The van der Waals surface area contributed by atoms with Crippen LogP contribution in [0.25, 0.3) is 0 Å². The van der Waals surface area contributed by atoms with Gasteiger partial charge in [0.15, 0.2) is 0 Å². The molecule has 0 spiro atoms. The highest BCUT2D eigenvalue weighted by atomic mass is 35.5. The Hall–Kier alpha value is -1.23. The van der Waals surface area contributed by atoms with Crippen LogP contribution in [0.1, 0.15) is 35.2 Å². The first-order valence-corrected chi connectivity index (χ1v) is 6.50. The highest BCUT2D eigenvalue weighted by Crippen LogP contribution is 2.31. The molecular formula is C13H15ClF3NO. The Kier molecular flexibility index (Phi) is 6.15. The largest absolute Gasteiger partial charge is 0.417 e. The van der Waals surface area contributed by atoms with Crippen LogP contribution in [-0.2, 0) is 6.18 Å². The Morgan fingerprint density at radius 1 is 1.16 bits per heavy atom. The SMILES string of the molecule is O=C(NCCCCCCl)c1ccccc1C(F)(F)F. The third kappa shape index (κ3) is 5.11. The molecule has 0 fully saturated rings. The van der Waals surface area contributed by atoms with E-state index in [1.165, 1.54) is 18.2 Å². The molecule has 106 valence electrons. The predicted molar refractivity (Wildman–Crippen MR) is 68.3 cm³/mol. The lowest BCUT2D eigenvalue weighted by molar-refractivity contribution is -0.137. The number of rotatable bonds is 6. The second-order valence-corrected chi connectivity index (χ2v) is 4.43. The number of alkyl halides is 4. The van der Waals surface area contributed by atoms with Gasteiger partial charge in [-0.15, -0.1) is 11.6 Å². The number of carbonyl (C=O) groups is 1. The molecule has 1 rings (SSSR count). The molecule has 0 radical (unpaired) electrons. The zero-order valence-electron chi connectivity index (χ0n) is 10.3. The molecule has 0 aliphatic carbocycles. The lowest BCUT2D eigenvalue weighted by Crippen LogP contribution is -2.27. The third-order valence-electron chi connectivity index (χ3n) is 2.57. The number of nitrogens with one attached hydrogen (secondary N) is 1. The van der Waals surface area contributed by atoms with Crippen LogP contribution in [0.15, 0.2) is 24.3 Å². The quantitative estimate of drug-likeness (QED) is 0.626. The molecule has 1 amide bonds. The summed E-state index contributed by atoms with van der Waals surface area (Å²) in [6, 6.07) is 4.76. The van der Waals surface area contributed by atoms with Gasteiger partial charge in [-0.25, -0.2) is 0 Å². The Morgan fingerprint density at radius 2 is 1.84 bits per heavy atom. The van der Waals surface area contributed by atoms with E-state index in [-0.39, 0.29) is 5.56 Å². The molecule has 19 heavy (non-hydrogen) atoms. The zero-order valence-corrected chi connectivity index (χ0v) is 11.0. The molecule has 6 heteroatoms. The summed E-state index contributed by atoms with van der Waals surface area (Å²) in [4.78, 5) is 11.7.